The molecule has 2 aliphatic rings. The number of aliphatic imine (C=N–C) groups is 2. The van der Waals surface area contributed by atoms with Crippen molar-refractivity contribution in [1.29, 1.82) is 5.26 Å². The molecule has 0 spiro atoms. The van der Waals surface area contributed by atoms with Crippen LogP contribution in [0.15, 0.2) is 62.2 Å². The number of benzene rings is 1. The van der Waals surface area contributed by atoms with Crippen LogP contribution in [0.1, 0.15) is 32.3 Å². The molecule has 2 heterocycles. The second kappa shape index (κ2) is 10.1. The van der Waals surface area contributed by atoms with Gasteiger partial charge in [-0.15, -0.1) is 0 Å². The molecule has 0 aromatic heterocycles. The molecule has 0 saturated carbocycles. The van der Waals surface area contributed by atoms with Crippen LogP contribution in [0.25, 0.3) is 5.70 Å². The number of nitriles is 1. The van der Waals surface area contributed by atoms with E-state index in [2.05, 4.69) is 47.3 Å². The standard InChI is InChI=1S/C23H28BBrN6/c1-16(2)21(19-12-9-13-24(19)14-26)29-31-17(3)20(25)22(18-10-7-6-8-11-18)28-23(31)27-15-30(4)5/h6-8,10-11,15-16,19H,3,9,12-13H2,1-2,4-5H3/b27-15+,29-21+. The van der Waals surface area contributed by atoms with Crippen molar-refractivity contribution in [3.8, 4) is 5.97 Å². The fourth-order valence-corrected chi connectivity index (χ4v) is 4.38. The first kappa shape index (κ1) is 23.0. The molecule has 3 rings (SSSR count). The number of halogens is 1. The van der Waals surface area contributed by atoms with Gasteiger partial charge in [0.15, 0.2) is 0 Å². The van der Waals surface area contributed by atoms with Crippen molar-refractivity contribution in [2.75, 3.05) is 14.1 Å². The Morgan fingerprint density at radius 1 is 1.39 bits per heavy atom. The van der Waals surface area contributed by atoms with Crippen LogP contribution in [0.2, 0.25) is 12.1 Å². The molecule has 0 radical (unpaired) electrons. The van der Waals surface area contributed by atoms with E-state index in [4.69, 9.17) is 10.1 Å². The number of allylic oxidation sites excluding steroid dienone is 1. The summed E-state index contributed by atoms with van der Waals surface area (Å²) >= 11 is 3.69. The van der Waals surface area contributed by atoms with Gasteiger partial charge in [-0.3, -0.25) is 0 Å². The molecule has 2 aliphatic heterocycles. The zero-order valence-electron chi connectivity index (χ0n) is 18.6. The first-order chi connectivity index (χ1) is 14.8. The van der Waals surface area contributed by atoms with E-state index in [1.807, 2.05) is 49.3 Å². The lowest BCUT2D eigenvalue weighted by atomic mass is 9.42. The van der Waals surface area contributed by atoms with Crippen molar-refractivity contribution in [2.24, 2.45) is 21.0 Å². The molecule has 160 valence electrons. The Kier molecular flexibility index (Phi) is 7.50. The van der Waals surface area contributed by atoms with Gasteiger partial charge < -0.3 is 4.90 Å². The van der Waals surface area contributed by atoms with Crippen LogP contribution in [0.3, 0.4) is 0 Å². The normalized spacial score (nSPS) is 20.0. The fraction of sp³-hybridized carbons (Fsp3) is 0.391. The molecule has 31 heavy (non-hydrogen) atoms. The lowest BCUT2D eigenvalue weighted by molar-refractivity contribution is 0.543. The zero-order valence-corrected chi connectivity index (χ0v) is 20.2. The first-order valence-electron chi connectivity index (χ1n) is 10.5. The summed E-state index contributed by atoms with van der Waals surface area (Å²) in [5.41, 5.74) is 3.41. The third kappa shape index (κ3) is 5.16. The highest BCUT2D eigenvalue weighted by atomic mass is 79.9. The fourth-order valence-electron chi connectivity index (χ4n) is 3.89. The number of hydrogen-bond acceptors (Lipinski definition) is 5. The van der Waals surface area contributed by atoms with Gasteiger partial charge in [0.25, 0.3) is 12.7 Å². The molecule has 0 aliphatic carbocycles. The lowest BCUT2D eigenvalue weighted by Crippen LogP contribution is -2.33. The SMILES string of the molecule is C=C1C(Br)=C(c2ccccc2)N=C(/N=C/N(C)C)N1/N=C(\C(C)C)C1CCCB1C#N. The molecule has 0 amide bonds. The van der Waals surface area contributed by atoms with Gasteiger partial charge in [0.05, 0.1) is 22.2 Å². The zero-order chi connectivity index (χ0) is 22.5. The number of rotatable bonds is 5. The highest BCUT2D eigenvalue weighted by Crippen LogP contribution is 2.38. The first-order valence-corrected chi connectivity index (χ1v) is 11.3. The minimum atomic E-state index is 0.00346. The van der Waals surface area contributed by atoms with Crippen LogP contribution in [-0.2, 0) is 0 Å². The van der Waals surface area contributed by atoms with Gasteiger partial charge in [0, 0.05) is 31.3 Å². The Hall–Kier alpha value is -2.66. The summed E-state index contributed by atoms with van der Waals surface area (Å²) in [6.45, 7) is 8.54. The van der Waals surface area contributed by atoms with Gasteiger partial charge >= 0.3 is 0 Å². The van der Waals surface area contributed by atoms with Crippen LogP contribution in [-0.4, -0.2) is 48.7 Å². The summed E-state index contributed by atoms with van der Waals surface area (Å²) in [4.78, 5) is 11.3. The predicted octanol–water partition coefficient (Wildman–Crippen LogP) is 5.26. The van der Waals surface area contributed by atoms with Crippen molar-refractivity contribution in [1.82, 2.24) is 9.91 Å². The van der Waals surface area contributed by atoms with Crippen molar-refractivity contribution >= 4 is 46.3 Å². The maximum atomic E-state index is 9.62. The molecule has 0 N–H and O–H groups in total. The average molecular weight is 479 g/mol. The van der Waals surface area contributed by atoms with Crippen LogP contribution in [0.4, 0.5) is 0 Å². The molecule has 1 saturated heterocycles. The summed E-state index contributed by atoms with van der Waals surface area (Å²) < 4.78 is 0.776. The van der Waals surface area contributed by atoms with E-state index in [0.29, 0.717) is 11.7 Å². The Morgan fingerprint density at radius 2 is 2.10 bits per heavy atom. The Labute approximate surface area is 194 Å². The van der Waals surface area contributed by atoms with Gasteiger partial charge in [0.1, 0.15) is 0 Å². The van der Waals surface area contributed by atoms with E-state index < -0.39 is 0 Å². The molecule has 1 aromatic rings. The molecule has 1 fully saturated rings. The van der Waals surface area contributed by atoms with E-state index in [1.54, 1.807) is 11.3 Å². The smallest absolute Gasteiger partial charge is 0.276 e. The third-order valence-corrected chi connectivity index (χ3v) is 6.27. The van der Waals surface area contributed by atoms with E-state index in [1.165, 1.54) is 0 Å². The molecule has 1 unspecified atom stereocenters. The minimum Gasteiger partial charge on any atom is -0.369 e. The summed E-state index contributed by atoms with van der Waals surface area (Å²) in [7, 11) is 3.82. The van der Waals surface area contributed by atoms with E-state index >= 15 is 0 Å². The Balaban J connectivity index is 2.09. The van der Waals surface area contributed by atoms with Crippen LogP contribution in [0, 0.1) is 17.1 Å². The monoisotopic (exact) mass is 478 g/mol. The third-order valence-electron chi connectivity index (χ3n) is 5.44. The number of guanidine groups is 1. The summed E-state index contributed by atoms with van der Waals surface area (Å²) in [5, 5.41) is 16.3. The van der Waals surface area contributed by atoms with Gasteiger partial charge in [-0.25, -0.2) is 15.2 Å². The molecule has 0 bridgehead atoms. The van der Waals surface area contributed by atoms with Gasteiger partial charge in [0.2, 0.25) is 0 Å². The second-order valence-corrected chi connectivity index (χ2v) is 9.15. The van der Waals surface area contributed by atoms with Gasteiger partial charge in [-0.2, -0.15) is 10.1 Å². The summed E-state index contributed by atoms with van der Waals surface area (Å²) in [6, 6.07) is 9.95. The number of nitrogens with zero attached hydrogens (tertiary/aromatic N) is 6. The van der Waals surface area contributed by atoms with Crippen LogP contribution < -0.4 is 0 Å². The molecule has 1 aromatic carbocycles. The van der Waals surface area contributed by atoms with E-state index in [0.717, 1.165) is 40.6 Å². The highest BCUT2D eigenvalue weighted by molar-refractivity contribution is 9.12. The molecule has 1 atom stereocenters. The molecular weight excluding hydrogens is 451 g/mol. The van der Waals surface area contributed by atoms with Gasteiger partial charge in [-0.1, -0.05) is 69.9 Å². The van der Waals surface area contributed by atoms with E-state index in [-0.39, 0.29) is 18.4 Å². The quantitative estimate of drug-likeness (QED) is 0.329. The number of hydrogen-bond donors (Lipinski definition) is 0. The Bertz CT molecular complexity index is 987. The maximum absolute atomic E-state index is 9.62. The molecule has 8 heteroatoms. The van der Waals surface area contributed by atoms with Crippen molar-refractivity contribution < 1.29 is 0 Å². The lowest BCUT2D eigenvalue weighted by Gasteiger charge is -2.29. The summed E-state index contributed by atoms with van der Waals surface area (Å²) in [6.07, 6.45) is 4.67. The molecular formula is C23H28BBrN6. The topological polar surface area (TPSA) is 67.3 Å². The second-order valence-electron chi connectivity index (χ2n) is 8.36. The largest absolute Gasteiger partial charge is 0.369 e. The van der Waals surface area contributed by atoms with Crippen molar-refractivity contribution in [3.63, 3.8) is 0 Å². The molecule has 6 nitrogen and oxygen atoms in total. The average Bonchev–Trinajstić information content (AvgIpc) is 3.22. The maximum Gasteiger partial charge on any atom is 0.276 e. The van der Waals surface area contributed by atoms with Crippen LogP contribution >= 0.6 is 15.9 Å². The highest BCUT2D eigenvalue weighted by Gasteiger charge is 2.37. The predicted molar refractivity (Wildman–Crippen MR) is 134 cm³/mol. The summed E-state index contributed by atoms with van der Waals surface area (Å²) in [5.74, 6) is 3.28. The van der Waals surface area contributed by atoms with Crippen LogP contribution in [0.5, 0.6) is 0 Å². The van der Waals surface area contributed by atoms with Crippen molar-refractivity contribution in [3.05, 3.63) is 52.7 Å². The Morgan fingerprint density at radius 3 is 2.71 bits per heavy atom. The van der Waals surface area contributed by atoms with E-state index in [9.17, 15) is 5.26 Å². The number of hydrazone groups is 1. The van der Waals surface area contributed by atoms with Gasteiger partial charge in [-0.05, 0) is 27.7 Å². The minimum absolute atomic E-state index is 0.00346. The van der Waals surface area contributed by atoms with Crippen molar-refractivity contribution in [2.45, 2.75) is 38.8 Å².